The van der Waals surface area contributed by atoms with Crippen molar-refractivity contribution >= 4 is 23.2 Å². The van der Waals surface area contributed by atoms with E-state index < -0.39 is 5.60 Å². The normalized spacial score (nSPS) is 14.8. The summed E-state index contributed by atoms with van der Waals surface area (Å²) < 4.78 is 27.2. The number of piperazine rings is 1. The first-order valence-corrected chi connectivity index (χ1v) is 12.6. The van der Waals surface area contributed by atoms with Crippen molar-refractivity contribution in [1.82, 2.24) is 24.5 Å². The molecule has 3 N–H and O–H groups in total. The van der Waals surface area contributed by atoms with Crippen LogP contribution in [-0.4, -0.2) is 88.1 Å². The highest BCUT2D eigenvalue weighted by Crippen LogP contribution is 2.26. The number of ether oxygens (including phenoxy) is 1. The minimum atomic E-state index is -0.978. The zero-order valence-corrected chi connectivity index (χ0v) is 21.8. The van der Waals surface area contributed by atoms with Crippen molar-refractivity contribution in [1.29, 1.82) is 0 Å². The third-order valence-corrected chi connectivity index (χ3v) is 6.43. The van der Waals surface area contributed by atoms with Gasteiger partial charge in [0.05, 0.1) is 17.6 Å². The Morgan fingerprint density at radius 2 is 1.95 bits per heavy atom. The molecular weight excluding hydrogens is 491 g/mol. The number of nitrogen functional groups attached to an aromatic ring is 1. The predicted octanol–water partition coefficient (Wildman–Crippen LogP) is 2.51. The molecule has 1 fully saturated rings. The number of nitrogens with two attached hydrogens (primary N) is 1. The number of nitrogens with zero attached hydrogens (tertiary/aromatic N) is 7. The fourth-order valence-corrected chi connectivity index (χ4v) is 4.31. The molecule has 1 saturated heterocycles. The molecule has 1 aromatic carbocycles. The molecule has 202 valence electrons. The number of aromatic nitrogens is 4. The van der Waals surface area contributed by atoms with Gasteiger partial charge in [-0.1, -0.05) is 0 Å². The van der Waals surface area contributed by atoms with Crippen molar-refractivity contribution in [2.24, 2.45) is 0 Å². The van der Waals surface area contributed by atoms with E-state index in [1.165, 1.54) is 10.6 Å². The summed E-state index contributed by atoms with van der Waals surface area (Å²) >= 11 is 0. The monoisotopic (exact) mass is 524 g/mol. The molecule has 4 heterocycles. The Morgan fingerprint density at radius 3 is 2.63 bits per heavy atom. The summed E-state index contributed by atoms with van der Waals surface area (Å²) in [6, 6.07) is 10.3. The van der Waals surface area contributed by atoms with E-state index in [2.05, 4.69) is 20.0 Å². The standard InChI is InChI=1S/C26H33FN8O3/c1-26(2,36)17-38-18-6-7-21(19(27)15-18)34-12-10-33(11-13-34)9-8-32(3)25-29-23-16-20(22-5-4-14-37-22)31-35(23)24(28)30-25/h4-7,14-16,36H,8-13,17H2,1-3H3,(H2,28,29,30). The van der Waals surface area contributed by atoms with E-state index in [1.54, 1.807) is 38.3 Å². The van der Waals surface area contributed by atoms with E-state index in [4.69, 9.17) is 14.9 Å². The Bertz CT molecular complexity index is 1380. The van der Waals surface area contributed by atoms with Crippen molar-refractivity contribution < 1.29 is 18.7 Å². The second-order valence-electron chi connectivity index (χ2n) is 10.1. The van der Waals surface area contributed by atoms with Crippen LogP contribution in [0.25, 0.3) is 17.1 Å². The Kier molecular flexibility index (Phi) is 7.09. The van der Waals surface area contributed by atoms with E-state index in [9.17, 15) is 9.50 Å². The lowest BCUT2D eigenvalue weighted by atomic mass is 10.1. The number of hydrogen-bond acceptors (Lipinski definition) is 10. The second-order valence-corrected chi connectivity index (χ2v) is 10.1. The molecule has 0 radical (unpaired) electrons. The average Bonchev–Trinajstić information content (AvgIpc) is 3.56. The van der Waals surface area contributed by atoms with Gasteiger partial charge in [0, 0.05) is 58.4 Å². The van der Waals surface area contributed by atoms with Crippen LogP contribution >= 0.6 is 0 Å². The van der Waals surface area contributed by atoms with E-state index in [0.29, 0.717) is 54.1 Å². The van der Waals surface area contributed by atoms with E-state index in [1.807, 2.05) is 29.0 Å². The van der Waals surface area contributed by atoms with Crippen molar-refractivity contribution in [2.45, 2.75) is 19.4 Å². The summed E-state index contributed by atoms with van der Waals surface area (Å²) in [5.74, 6) is 1.49. The minimum Gasteiger partial charge on any atom is -0.491 e. The predicted molar refractivity (Wildman–Crippen MR) is 143 cm³/mol. The highest BCUT2D eigenvalue weighted by atomic mass is 19.1. The topological polar surface area (TPSA) is 121 Å². The molecule has 0 amide bonds. The molecule has 0 aliphatic carbocycles. The van der Waals surface area contributed by atoms with Gasteiger partial charge < -0.3 is 29.8 Å². The van der Waals surface area contributed by atoms with Crippen LogP contribution in [0.5, 0.6) is 5.75 Å². The average molecular weight is 525 g/mol. The van der Waals surface area contributed by atoms with E-state index in [-0.39, 0.29) is 18.4 Å². The Hall–Kier alpha value is -3.90. The molecule has 0 spiro atoms. The summed E-state index contributed by atoms with van der Waals surface area (Å²) in [6.45, 7) is 7.94. The van der Waals surface area contributed by atoms with E-state index in [0.717, 1.165) is 19.6 Å². The van der Waals surface area contributed by atoms with Gasteiger partial charge in [0.15, 0.2) is 11.4 Å². The Balaban J connectivity index is 1.15. The lowest BCUT2D eigenvalue weighted by Gasteiger charge is -2.36. The lowest BCUT2D eigenvalue weighted by Crippen LogP contribution is -2.48. The number of rotatable bonds is 9. The van der Waals surface area contributed by atoms with Crippen LogP contribution in [0.3, 0.4) is 0 Å². The largest absolute Gasteiger partial charge is 0.491 e. The van der Waals surface area contributed by atoms with E-state index >= 15 is 0 Å². The summed E-state index contributed by atoms with van der Waals surface area (Å²) in [7, 11) is 1.93. The molecule has 1 aliphatic heterocycles. The molecule has 11 nitrogen and oxygen atoms in total. The number of anilines is 3. The second kappa shape index (κ2) is 10.5. The lowest BCUT2D eigenvalue weighted by molar-refractivity contribution is 0.0284. The van der Waals surface area contributed by atoms with Crippen LogP contribution < -0.4 is 20.3 Å². The molecule has 38 heavy (non-hydrogen) atoms. The van der Waals surface area contributed by atoms with Gasteiger partial charge in [-0.3, -0.25) is 4.90 Å². The molecule has 3 aromatic heterocycles. The summed E-state index contributed by atoms with van der Waals surface area (Å²) in [5, 5.41) is 14.2. The maximum atomic E-state index is 14.8. The summed E-state index contributed by atoms with van der Waals surface area (Å²) in [5.41, 5.74) is 6.97. The van der Waals surface area contributed by atoms with Crippen LogP contribution in [0.1, 0.15) is 13.8 Å². The highest BCUT2D eigenvalue weighted by molar-refractivity contribution is 5.61. The number of benzene rings is 1. The van der Waals surface area contributed by atoms with Gasteiger partial charge in [0.2, 0.25) is 11.9 Å². The Morgan fingerprint density at radius 1 is 1.16 bits per heavy atom. The smallest absolute Gasteiger partial charge is 0.230 e. The molecule has 0 atom stereocenters. The summed E-state index contributed by atoms with van der Waals surface area (Å²) in [4.78, 5) is 15.4. The number of halogens is 1. The van der Waals surface area contributed by atoms with Gasteiger partial charge in [-0.2, -0.15) is 19.6 Å². The number of fused-ring (bicyclic) bond motifs is 1. The first-order valence-electron chi connectivity index (χ1n) is 12.6. The quantitative estimate of drug-likeness (QED) is 0.338. The van der Waals surface area contributed by atoms with Gasteiger partial charge >= 0.3 is 0 Å². The number of aliphatic hydroxyl groups is 1. The number of hydrogen-bond donors (Lipinski definition) is 2. The summed E-state index contributed by atoms with van der Waals surface area (Å²) in [6.07, 6.45) is 1.59. The molecule has 5 rings (SSSR count). The maximum absolute atomic E-state index is 14.8. The molecule has 1 aliphatic rings. The fraction of sp³-hybridized carbons (Fsp3) is 0.423. The van der Waals surface area contributed by atoms with Gasteiger partial charge in [-0.25, -0.2) is 4.39 Å². The molecule has 0 bridgehead atoms. The van der Waals surface area contributed by atoms with Crippen LogP contribution in [-0.2, 0) is 0 Å². The first kappa shape index (κ1) is 25.7. The number of likely N-dealkylation sites (N-methyl/N-ethyl adjacent to an activating group) is 1. The van der Waals surface area contributed by atoms with Crippen LogP contribution in [0.2, 0.25) is 0 Å². The third kappa shape index (κ3) is 5.81. The molecule has 4 aromatic rings. The third-order valence-electron chi connectivity index (χ3n) is 6.43. The molecular formula is C26H33FN8O3. The molecule has 0 saturated carbocycles. The van der Waals surface area contributed by atoms with Crippen molar-refractivity contribution in [3.8, 4) is 17.2 Å². The zero-order chi connectivity index (χ0) is 26.9. The Labute approximate surface area is 220 Å². The van der Waals surface area contributed by atoms with Crippen molar-refractivity contribution in [3.63, 3.8) is 0 Å². The van der Waals surface area contributed by atoms with Crippen LogP contribution in [0.15, 0.2) is 47.1 Å². The fourth-order valence-electron chi connectivity index (χ4n) is 4.31. The first-order chi connectivity index (χ1) is 18.2. The van der Waals surface area contributed by atoms with Crippen LogP contribution in [0, 0.1) is 5.82 Å². The minimum absolute atomic E-state index is 0.0961. The zero-order valence-electron chi connectivity index (χ0n) is 21.8. The van der Waals surface area contributed by atoms with Crippen molar-refractivity contribution in [3.05, 3.63) is 48.5 Å². The molecule has 0 unspecified atom stereocenters. The SMILES string of the molecule is CN(CCN1CCN(c2ccc(OCC(C)(C)O)cc2F)CC1)c1nc(N)n2nc(-c3ccco3)cc2n1. The van der Waals surface area contributed by atoms with Gasteiger partial charge in [0.25, 0.3) is 0 Å². The van der Waals surface area contributed by atoms with Gasteiger partial charge in [0.1, 0.15) is 23.9 Å². The number of furan rings is 1. The maximum Gasteiger partial charge on any atom is 0.230 e. The highest BCUT2D eigenvalue weighted by Gasteiger charge is 2.21. The van der Waals surface area contributed by atoms with Crippen LogP contribution in [0.4, 0.5) is 22.0 Å². The van der Waals surface area contributed by atoms with Gasteiger partial charge in [-0.05, 0) is 38.1 Å². The van der Waals surface area contributed by atoms with Gasteiger partial charge in [-0.15, -0.1) is 0 Å². The molecule has 12 heteroatoms. The van der Waals surface area contributed by atoms with Crippen molar-refractivity contribution in [2.75, 3.05) is 68.5 Å².